The van der Waals surface area contributed by atoms with Crippen molar-refractivity contribution >= 4 is 16.9 Å². The number of carbonyl (C=O) groups is 1. The van der Waals surface area contributed by atoms with Gasteiger partial charge in [0, 0.05) is 29.7 Å². The summed E-state index contributed by atoms with van der Waals surface area (Å²) in [4.78, 5) is 19.0. The zero-order chi connectivity index (χ0) is 12.5. The number of H-pyrrole nitrogens is 1. The van der Waals surface area contributed by atoms with Gasteiger partial charge in [-0.25, -0.2) is 4.98 Å². The predicted molar refractivity (Wildman–Crippen MR) is 67.4 cm³/mol. The van der Waals surface area contributed by atoms with E-state index in [1.807, 2.05) is 39.1 Å². The standard InChI is InChI=1S/C13H17N3O/c1-13(2,3)12(17)16-8-9-4-6-14-11-10(9)5-7-15-11/h4-7H,8H2,1-3H3,(H,14,15)(H,16,17). The monoisotopic (exact) mass is 231 g/mol. The Balaban J connectivity index is 2.14. The van der Waals surface area contributed by atoms with Crippen molar-refractivity contribution in [3.05, 3.63) is 30.1 Å². The van der Waals surface area contributed by atoms with E-state index in [9.17, 15) is 4.79 Å². The second kappa shape index (κ2) is 4.20. The van der Waals surface area contributed by atoms with Gasteiger partial charge in [0.25, 0.3) is 0 Å². The molecule has 0 aromatic carbocycles. The van der Waals surface area contributed by atoms with Crippen LogP contribution in [0.15, 0.2) is 24.5 Å². The van der Waals surface area contributed by atoms with Gasteiger partial charge in [-0.2, -0.15) is 0 Å². The van der Waals surface area contributed by atoms with Gasteiger partial charge >= 0.3 is 0 Å². The third kappa shape index (κ3) is 2.46. The van der Waals surface area contributed by atoms with Crippen molar-refractivity contribution in [2.75, 3.05) is 0 Å². The molecule has 0 atom stereocenters. The summed E-state index contributed by atoms with van der Waals surface area (Å²) in [6.07, 6.45) is 3.60. The van der Waals surface area contributed by atoms with Crippen LogP contribution in [0.4, 0.5) is 0 Å². The van der Waals surface area contributed by atoms with Crippen LogP contribution in [-0.2, 0) is 11.3 Å². The molecule has 0 fully saturated rings. The number of aromatic nitrogens is 2. The van der Waals surface area contributed by atoms with Gasteiger partial charge in [0.1, 0.15) is 5.65 Å². The van der Waals surface area contributed by atoms with Crippen molar-refractivity contribution in [3.63, 3.8) is 0 Å². The molecule has 2 N–H and O–H groups in total. The maximum Gasteiger partial charge on any atom is 0.225 e. The van der Waals surface area contributed by atoms with Crippen LogP contribution in [0.25, 0.3) is 11.0 Å². The minimum Gasteiger partial charge on any atom is -0.352 e. The average Bonchev–Trinajstić information content (AvgIpc) is 2.72. The quantitative estimate of drug-likeness (QED) is 0.832. The summed E-state index contributed by atoms with van der Waals surface area (Å²) in [5, 5.41) is 4.00. The number of rotatable bonds is 2. The molecule has 0 aliphatic rings. The third-order valence-electron chi connectivity index (χ3n) is 2.67. The van der Waals surface area contributed by atoms with Gasteiger partial charge in [0.2, 0.25) is 5.91 Å². The van der Waals surface area contributed by atoms with Gasteiger partial charge in [0.15, 0.2) is 0 Å². The van der Waals surface area contributed by atoms with E-state index >= 15 is 0 Å². The summed E-state index contributed by atoms with van der Waals surface area (Å²) in [5.41, 5.74) is 1.57. The molecule has 2 aromatic heterocycles. The Bertz CT molecular complexity index is 537. The lowest BCUT2D eigenvalue weighted by Crippen LogP contribution is -2.34. The summed E-state index contributed by atoms with van der Waals surface area (Å²) in [6, 6.07) is 3.90. The van der Waals surface area contributed by atoms with E-state index in [1.165, 1.54) is 0 Å². The fourth-order valence-corrected chi connectivity index (χ4v) is 1.61. The van der Waals surface area contributed by atoms with E-state index in [4.69, 9.17) is 0 Å². The smallest absolute Gasteiger partial charge is 0.225 e. The lowest BCUT2D eigenvalue weighted by Gasteiger charge is -2.17. The van der Waals surface area contributed by atoms with Crippen LogP contribution >= 0.6 is 0 Å². The summed E-state index contributed by atoms with van der Waals surface area (Å²) in [6.45, 7) is 6.25. The van der Waals surface area contributed by atoms with Crippen LogP contribution in [0.5, 0.6) is 0 Å². The molecule has 0 saturated carbocycles. The van der Waals surface area contributed by atoms with E-state index in [-0.39, 0.29) is 11.3 Å². The Kier molecular flexibility index (Phi) is 2.88. The SMILES string of the molecule is CC(C)(C)C(=O)NCc1ccnc2[nH]ccc12. The van der Waals surface area contributed by atoms with Crippen LogP contribution in [-0.4, -0.2) is 15.9 Å². The number of nitrogens with zero attached hydrogens (tertiary/aromatic N) is 1. The maximum absolute atomic E-state index is 11.8. The molecule has 0 bridgehead atoms. The van der Waals surface area contributed by atoms with Gasteiger partial charge < -0.3 is 10.3 Å². The zero-order valence-corrected chi connectivity index (χ0v) is 10.4. The Morgan fingerprint density at radius 3 is 2.88 bits per heavy atom. The van der Waals surface area contributed by atoms with Gasteiger partial charge in [-0.1, -0.05) is 20.8 Å². The molecule has 0 saturated heterocycles. The van der Waals surface area contributed by atoms with Crippen LogP contribution in [0.3, 0.4) is 0 Å². The molecule has 0 aliphatic heterocycles. The second-order valence-corrected chi connectivity index (χ2v) is 5.14. The molecule has 90 valence electrons. The third-order valence-corrected chi connectivity index (χ3v) is 2.67. The lowest BCUT2D eigenvalue weighted by atomic mass is 9.95. The Hall–Kier alpha value is -1.84. The van der Waals surface area contributed by atoms with Crippen LogP contribution in [0, 0.1) is 5.41 Å². The molecule has 4 heteroatoms. The number of pyridine rings is 1. The number of hydrogen-bond donors (Lipinski definition) is 2. The number of hydrogen-bond acceptors (Lipinski definition) is 2. The van der Waals surface area contributed by atoms with Gasteiger partial charge in [-0.05, 0) is 17.7 Å². The zero-order valence-electron chi connectivity index (χ0n) is 10.4. The molecule has 2 rings (SSSR count). The first-order chi connectivity index (χ1) is 7.98. The van der Waals surface area contributed by atoms with Crippen molar-refractivity contribution in [2.24, 2.45) is 5.41 Å². The molecule has 2 aromatic rings. The van der Waals surface area contributed by atoms with Crippen molar-refractivity contribution in [1.29, 1.82) is 0 Å². The van der Waals surface area contributed by atoms with E-state index in [0.717, 1.165) is 16.6 Å². The molecule has 0 spiro atoms. The first-order valence-electron chi connectivity index (χ1n) is 5.68. The van der Waals surface area contributed by atoms with Crippen LogP contribution in [0.1, 0.15) is 26.3 Å². The highest BCUT2D eigenvalue weighted by molar-refractivity contribution is 5.83. The number of amides is 1. The van der Waals surface area contributed by atoms with Crippen molar-refractivity contribution in [2.45, 2.75) is 27.3 Å². The summed E-state index contributed by atoms with van der Waals surface area (Å²) >= 11 is 0. The highest BCUT2D eigenvalue weighted by Gasteiger charge is 2.20. The number of fused-ring (bicyclic) bond motifs is 1. The first-order valence-corrected chi connectivity index (χ1v) is 5.68. The fraction of sp³-hybridized carbons (Fsp3) is 0.385. The largest absolute Gasteiger partial charge is 0.352 e. The molecule has 0 unspecified atom stereocenters. The number of nitrogens with one attached hydrogen (secondary N) is 2. The topological polar surface area (TPSA) is 57.8 Å². The Labute approximate surface area is 100 Å². The lowest BCUT2D eigenvalue weighted by molar-refractivity contribution is -0.128. The van der Waals surface area contributed by atoms with Crippen molar-refractivity contribution < 1.29 is 4.79 Å². The van der Waals surface area contributed by atoms with Crippen molar-refractivity contribution in [1.82, 2.24) is 15.3 Å². The Morgan fingerprint density at radius 2 is 2.18 bits per heavy atom. The molecular weight excluding hydrogens is 214 g/mol. The van der Waals surface area contributed by atoms with Gasteiger partial charge in [0.05, 0.1) is 0 Å². The minimum atomic E-state index is -0.357. The van der Waals surface area contributed by atoms with Crippen molar-refractivity contribution in [3.8, 4) is 0 Å². The maximum atomic E-state index is 11.8. The summed E-state index contributed by atoms with van der Waals surface area (Å²) in [5.74, 6) is 0.0537. The predicted octanol–water partition coefficient (Wildman–Crippen LogP) is 2.23. The Morgan fingerprint density at radius 1 is 1.41 bits per heavy atom. The van der Waals surface area contributed by atoms with Gasteiger partial charge in [-0.15, -0.1) is 0 Å². The second-order valence-electron chi connectivity index (χ2n) is 5.14. The average molecular weight is 231 g/mol. The minimum absolute atomic E-state index is 0.0537. The fourth-order valence-electron chi connectivity index (χ4n) is 1.61. The molecule has 0 radical (unpaired) electrons. The molecular formula is C13H17N3O. The highest BCUT2D eigenvalue weighted by Crippen LogP contribution is 2.16. The van der Waals surface area contributed by atoms with Crippen LogP contribution < -0.4 is 5.32 Å². The highest BCUT2D eigenvalue weighted by atomic mass is 16.2. The van der Waals surface area contributed by atoms with Crippen LogP contribution in [0.2, 0.25) is 0 Å². The van der Waals surface area contributed by atoms with E-state index < -0.39 is 0 Å². The molecule has 17 heavy (non-hydrogen) atoms. The normalized spacial score (nSPS) is 11.7. The van der Waals surface area contributed by atoms with E-state index in [2.05, 4.69) is 15.3 Å². The molecule has 2 heterocycles. The molecule has 1 amide bonds. The number of carbonyl (C=O) groups excluding carboxylic acids is 1. The van der Waals surface area contributed by atoms with E-state index in [0.29, 0.717) is 6.54 Å². The number of aromatic amines is 1. The molecule has 0 aliphatic carbocycles. The van der Waals surface area contributed by atoms with E-state index in [1.54, 1.807) is 6.20 Å². The summed E-state index contributed by atoms with van der Waals surface area (Å²) in [7, 11) is 0. The van der Waals surface area contributed by atoms with Gasteiger partial charge in [-0.3, -0.25) is 4.79 Å². The molecule has 4 nitrogen and oxygen atoms in total. The first kappa shape index (κ1) is 11.6. The summed E-state index contributed by atoms with van der Waals surface area (Å²) < 4.78 is 0.